The molecule has 0 aliphatic rings. The van der Waals surface area contributed by atoms with E-state index in [0.717, 1.165) is 11.0 Å². The van der Waals surface area contributed by atoms with E-state index >= 15 is 0 Å². The quantitative estimate of drug-likeness (QED) is 0.747. The zero-order valence-electron chi connectivity index (χ0n) is 11.9. The average Bonchev–Trinajstić information content (AvgIpc) is 2.44. The Morgan fingerprint density at radius 2 is 1.50 bits per heavy atom. The Kier molecular flexibility index (Phi) is 11.9. The number of hydrogen-bond acceptors (Lipinski definition) is 2. The molecule has 0 heterocycles. The van der Waals surface area contributed by atoms with Crippen molar-refractivity contribution >= 4 is 17.5 Å². The second-order valence-electron chi connectivity index (χ2n) is 2.73. The Morgan fingerprint density at radius 3 is 1.83 bits per heavy atom. The lowest BCUT2D eigenvalue weighted by Crippen LogP contribution is -2.33. The first-order valence-corrected chi connectivity index (χ1v) is 6.19. The van der Waals surface area contributed by atoms with Crippen LogP contribution in [0.4, 0.5) is 5.69 Å². The molecule has 0 N–H and O–H groups in total. The lowest BCUT2D eigenvalue weighted by Gasteiger charge is -2.16. The first-order chi connectivity index (χ1) is 8.66. The first-order valence-electron chi connectivity index (χ1n) is 6.19. The number of nitrogens with zero attached hydrogens (tertiary/aromatic N) is 1. The standard InChI is InChI=1S/C11H11NO2.2C2H6/c1-3-11(14)12(9(2)13)10-7-5-4-6-8-10;2*1-2/h3-8H,1H2,2H3;2*1-2H3. The van der Waals surface area contributed by atoms with E-state index < -0.39 is 5.91 Å². The molecule has 100 valence electrons. The van der Waals surface area contributed by atoms with Gasteiger partial charge in [-0.25, -0.2) is 4.90 Å². The number of imide groups is 1. The van der Waals surface area contributed by atoms with Gasteiger partial charge in [0.15, 0.2) is 0 Å². The molecule has 0 saturated carbocycles. The van der Waals surface area contributed by atoms with Gasteiger partial charge in [0, 0.05) is 6.92 Å². The van der Waals surface area contributed by atoms with E-state index in [9.17, 15) is 9.59 Å². The zero-order valence-corrected chi connectivity index (χ0v) is 11.9. The number of amides is 2. The van der Waals surface area contributed by atoms with E-state index in [4.69, 9.17) is 0 Å². The minimum absolute atomic E-state index is 0.318. The van der Waals surface area contributed by atoms with Gasteiger partial charge in [-0.3, -0.25) is 9.59 Å². The van der Waals surface area contributed by atoms with Crippen LogP contribution in [0.15, 0.2) is 43.0 Å². The largest absolute Gasteiger partial charge is 0.274 e. The number of anilines is 1. The summed E-state index contributed by atoms with van der Waals surface area (Å²) >= 11 is 0. The molecule has 0 aliphatic heterocycles. The van der Waals surface area contributed by atoms with Crippen molar-refractivity contribution in [3.63, 3.8) is 0 Å². The second-order valence-corrected chi connectivity index (χ2v) is 2.73. The van der Waals surface area contributed by atoms with Gasteiger partial charge in [-0.2, -0.15) is 0 Å². The molecule has 0 bridgehead atoms. The summed E-state index contributed by atoms with van der Waals surface area (Å²) in [6.45, 7) is 12.7. The maximum absolute atomic E-state index is 11.3. The Labute approximate surface area is 110 Å². The number of carbonyl (C=O) groups excluding carboxylic acids is 2. The van der Waals surface area contributed by atoms with Crippen molar-refractivity contribution in [1.82, 2.24) is 0 Å². The smallest absolute Gasteiger partial charge is 0.257 e. The summed E-state index contributed by atoms with van der Waals surface area (Å²) in [7, 11) is 0. The zero-order chi connectivity index (χ0) is 14.6. The van der Waals surface area contributed by atoms with Crippen molar-refractivity contribution < 1.29 is 9.59 Å². The lowest BCUT2D eigenvalue weighted by atomic mass is 10.3. The summed E-state index contributed by atoms with van der Waals surface area (Å²) in [5.41, 5.74) is 0.560. The summed E-state index contributed by atoms with van der Waals surface area (Å²) < 4.78 is 0. The number of benzene rings is 1. The molecular weight excluding hydrogens is 226 g/mol. The fourth-order valence-corrected chi connectivity index (χ4v) is 1.13. The molecule has 2 amide bonds. The molecule has 18 heavy (non-hydrogen) atoms. The number of carbonyl (C=O) groups is 2. The third-order valence-corrected chi connectivity index (χ3v) is 1.72. The molecular formula is C15H23NO2. The maximum atomic E-state index is 11.3. The van der Waals surface area contributed by atoms with Gasteiger partial charge in [0.05, 0.1) is 5.69 Å². The minimum atomic E-state index is -0.413. The minimum Gasteiger partial charge on any atom is -0.274 e. The fraction of sp³-hybridized carbons (Fsp3) is 0.333. The maximum Gasteiger partial charge on any atom is 0.257 e. The Balaban J connectivity index is 0. The summed E-state index contributed by atoms with van der Waals surface area (Å²) in [5, 5.41) is 0. The van der Waals surface area contributed by atoms with Crippen molar-refractivity contribution in [2.24, 2.45) is 0 Å². The summed E-state index contributed by atoms with van der Waals surface area (Å²) in [5.74, 6) is -0.732. The van der Waals surface area contributed by atoms with Gasteiger partial charge in [0.1, 0.15) is 0 Å². The summed E-state index contributed by atoms with van der Waals surface area (Å²) in [6.07, 6.45) is 1.12. The van der Waals surface area contributed by atoms with Crippen molar-refractivity contribution in [2.75, 3.05) is 4.90 Å². The van der Waals surface area contributed by atoms with Crippen LogP contribution in [0.1, 0.15) is 34.6 Å². The van der Waals surface area contributed by atoms with E-state index in [1.54, 1.807) is 24.3 Å². The Hall–Kier alpha value is -1.90. The van der Waals surface area contributed by atoms with Gasteiger partial charge >= 0.3 is 0 Å². The molecule has 0 unspecified atom stereocenters. The van der Waals surface area contributed by atoms with E-state index in [1.165, 1.54) is 6.92 Å². The average molecular weight is 249 g/mol. The van der Waals surface area contributed by atoms with Crippen molar-refractivity contribution in [3.8, 4) is 0 Å². The third kappa shape index (κ3) is 5.99. The monoisotopic (exact) mass is 249 g/mol. The van der Waals surface area contributed by atoms with E-state index in [-0.39, 0.29) is 5.91 Å². The molecule has 3 nitrogen and oxygen atoms in total. The normalized spacial score (nSPS) is 7.83. The summed E-state index contributed by atoms with van der Waals surface area (Å²) in [4.78, 5) is 23.6. The van der Waals surface area contributed by atoms with Gasteiger partial charge in [-0.1, -0.05) is 52.5 Å². The van der Waals surface area contributed by atoms with Gasteiger partial charge in [0.25, 0.3) is 5.91 Å². The van der Waals surface area contributed by atoms with Gasteiger partial charge in [-0.05, 0) is 18.2 Å². The lowest BCUT2D eigenvalue weighted by molar-refractivity contribution is -0.122. The van der Waals surface area contributed by atoms with Crippen LogP contribution in [0.25, 0.3) is 0 Å². The highest BCUT2D eigenvalue weighted by Crippen LogP contribution is 2.13. The molecule has 0 aliphatic carbocycles. The van der Waals surface area contributed by atoms with E-state index in [1.807, 2.05) is 33.8 Å². The van der Waals surface area contributed by atoms with Crippen LogP contribution in [0.3, 0.4) is 0 Å². The van der Waals surface area contributed by atoms with Crippen LogP contribution in [-0.4, -0.2) is 11.8 Å². The van der Waals surface area contributed by atoms with Crippen molar-refractivity contribution in [1.29, 1.82) is 0 Å². The van der Waals surface area contributed by atoms with E-state index in [0.29, 0.717) is 5.69 Å². The Morgan fingerprint density at radius 1 is 1.06 bits per heavy atom. The van der Waals surface area contributed by atoms with E-state index in [2.05, 4.69) is 6.58 Å². The highest BCUT2D eigenvalue weighted by atomic mass is 16.2. The topological polar surface area (TPSA) is 37.4 Å². The van der Waals surface area contributed by atoms with Crippen LogP contribution >= 0.6 is 0 Å². The molecule has 0 aromatic heterocycles. The molecule has 3 heteroatoms. The Bertz CT molecular complexity index is 358. The second kappa shape index (κ2) is 11.6. The summed E-state index contributed by atoms with van der Waals surface area (Å²) in [6, 6.07) is 8.75. The predicted molar refractivity (Wildman–Crippen MR) is 77.5 cm³/mol. The molecule has 1 aromatic carbocycles. The predicted octanol–water partition coefficient (Wildman–Crippen LogP) is 3.80. The number of rotatable bonds is 2. The van der Waals surface area contributed by atoms with Gasteiger partial charge in [-0.15, -0.1) is 0 Å². The number of para-hydroxylation sites is 1. The number of hydrogen-bond donors (Lipinski definition) is 0. The van der Waals surface area contributed by atoms with Crippen molar-refractivity contribution in [2.45, 2.75) is 34.6 Å². The molecule has 0 fully saturated rings. The first kappa shape index (κ1) is 18.5. The van der Waals surface area contributed by atoms with Crippen molar-refractivity contribution in [3.05, 3.63) is 43.0 Å². The third-order valence-electron chi connectivity index (χ3n) is 1.72. The van der Waals surface area contributed by atoms with Gasteiger partial charge in [0.2, 0.25) is 5.91 Å². The molecule has 0 atom stereocenters. The fourth-order valence-electron chi connectivity index (χ4n) is 1.13. The molecule has 0 spiro atoms. The molecule has 1 rings (SSSR count). The highest BCUT2D eigenvalue weighted by Gasteiger charge is 2.16. The van der Waals surface area contributed by atoms with Crippen LogP contribution < -0.4 is 4.90 Å². The SMILES string of the molecule is C=CC(=O)N(C(C)=O)c1ccccc1.CC.CC. The van der Waals surface area contributed by atoms with Crippen LogP contribution in [0.2, 0.25) is 0 Å². The molecule has 0 radical (unpaired) electrons. The molecule has 0 saturated heterocycles. The molecule has 1 aromatic rings. The van der Waals surface area contributed by atoms with Crippen LogP contribution in [-0.2, 0) is 9.59 Å². The van der Waals surface area contributed by atoms with Crippen LogP contribution in [0, 0.1) is 0 Å². The van der Waals surface area contributed by atoms with Gasteiger partial charge < -0.3 is 0 Å². The highest BCUT2D eigenvalue weighted by molar-refractivity contribution is 6.17. The van der Waals surface area contributed by atoms with Crippen LogP contribution in [0.5, 0.6) is 0 Å².